The molecule has 1 aliphatic carbocycles. The average Bonchev–Trinajstić information content (AvgIpc) is 2.65. The van der Waals surface area contributed by atoms with Crippen LogP contribution in [0.1, 0.15) is 32.1 Å². The van der Waals surface area contributed by atoms with Gasteiger partial charge in [0.05, 0.1) is 11.9 Å². The first kappa shape index (κ1) is 17.6. The Bertz CT molecular complexity index is 892. The van der Waals surface area contributed by atoms with E-state index in [0.717, 1.165) is 32.1 Å². The van der Waals surface area contributed by atoms with Gasteiger partial charge in [-0.2, -0.15) is 4.99 Å². The molecule has 1 fully saturated rings. The van der Waals surface area contributed by atoms with Crippen molar-refractivity contribution in [1.29, 1.82) is 0 Å². The largest absolute Gasteiger partial charge is 0.454 e. The highest BCUT2D eigenvalue weighted by molar-refractivity contribution is 6.31. The Morgan fingerprint density at radius 1 is 1.11 bits per heavy atom. The van der Waals surface area contributed by atoms with Crippen LogP contribution in [0.15, 0.2) is 52.7 Å². The van der Waals surface area contributed by atoms with E-state index in [9.17, 15) is 0 Å². The van der Waals surface area contributed by atoms with Gasteiger partial charge in [0.15, 0.2) is 5.75 Å². The number of aromatic nitrogens is 1. The zero-order chi connectivity index (χ0) is 18.9. The van der Waals surface area contributed by atoms with Crippen LogP contribution in [-0.2, 0) is 0 Å². The number of halogens is 1. The lowest BCUT2D eigenvalue weighted by molar-refractivity contribution is 0.304. The lowest BCUT2D eigenvalue weighted by Crippen LogP contribution is -2.58. The minimum absolute atomic E-state index is 0.211. The zero-order valence-corrected chi connectivity index (χ0v) is 15.6. The maximum Gasteiger partial charge on any atom is 0.220 e. The van der Waals surface area contributed by atoms with E-state index >= 15 is 0 Å². The Labute approximate surface area is 162 Å². The number of benzene rings is 1. The number of hydrogen-bond acceptors (Lipinski definition) is 7. The van der Waals surface area contributed by atoms with Crippen molar-refractivity contribution in [3.63, 3.8) is 0 Å². The first-order valence-corrected chi connectivity index (χ1v) is 9.32. The highest BCUT2D eigenvalue weighted by atomic mass is 35.5. The van der Waals surface area contributed by atoms with Crippen molar-refractivity contribution in [3.8, 4) is 11.5 Å². The standard InChI is InChI=1S/C19H21ClN6O/c20-13-6-7-16(27-14-5-4-10-23-12-14)15(11-13)26-18(22)24-17(21)25-19(26)8-2-1-3-9-19/h4-7,10-12H,1-3,8-9H2,(H4,21,22,24,25). The summed E-state index contributed by atoms with van der Waals surface area (Å²) in [4.78, 5) is 14.9. The van der Waals surface area contributed by atoms with Crippen molar-refractivity contribution in [1.82, 2.24) is 4.98 Å². The normalized spacial score (nSPS) is 18.8. The fraction of sp³-hybridized carbons (Fsp3) is 0.316. The number of rotatable bonds is 3. The second-order valence-corrected chi connectivity index (χ2v) is 7.16. The highest BCUT2D eigenvalue weighted by Crippen LogP contribution is 2.44. The molecule has 7 nitrogen and oxygen atoms in total. The molecule has 1 spiro atoms. The second-order valence-electron chi connectivity index (χ2n) is 6.72. The maximum absolute atomic E-state index is 6.32. The Hall–Kier alpha value is -2.80. The second kappa shape index (κ2) is 7.08. The van der Waals surface area contributed by atoms with Gasteiger partial charge in [0, 0.05) is 11.2 Å². The molecular weight excluding hydrogens is 364 g/mol. The summed E-state index contributed by atoms with van der Waals surface area (Å²) < 4.78 is 6.07. The molecule has 8 heteroatoms. The van der Waals surface area contributed by atoms with E-state index in [-0.39, 0.29) is 5.96 Å². The van der Waals surface area contributed by atoms with Crippen LogP contribution >= 0.6 is 11.6 Å². The molecule has 1 saturated carbocycles. The van der Waals surface area contributed by atoms with E-state index in [0.29, 0.717) is 28.2 Å². The number of ether oxygens (including phenoxy) is 1. The molecule has 1 aromatic heterocycles. The van der Waals surface area contributed by atoms with Gasteiger partial charge in [-0.1, -0.05) is 18.0 Å². The lowest BCUT2D eigenvalue weighted by Gasteiger charge is -2.45. The van der Waals surface area contributed by atoms with Crippen LogP contribution in [0, 0.1) is 0 Å². The van der Waals surface area contributed by atoms with E-state index in [4.69, 9.17) is 32.8 Å². The first-order valence-electron chi connectivity index (χ1n) is 8.95. The summed E-state index contributed by atoms with van der Waals surface area (Å²) in [5.41, 5.74) is 12.4. The Morgan fingerprint density at radius 3 is 2.67 bits per heavy atom. The van der Waals surface area contributed by atoms with Crippen molar-refractivity contribution in [3.05, 3.63) is 47.7 Å². The monoisotopic (exact) mass is 384 g/mol. The third-order valence-electron chi connectivity index (χ3n) is 4.88. The van der Waals surface area contributed by atoms with Crippen LogP contribution in [0.4, 0.5) is 5.69 Å². The number of hydrogen-bond donors (Lipinski definition) is 2. The molecule has 1 aromatic carbocycles. The number of guanidine groups is 2. The molecule has 0 unspecified atom stereocenters. The van der Waals surface area contributed by atoms with E-state index in [1.54, 1.807) is 18.5 Å². The summed E-state index contributed by atoms with van der Waals surface area (Å²) in [5.74, 6) is 1.73. The van der Waals surface area contributed by atoms with E-state index in [1.165, 1.54) is 0 Å². The lowest BCUT2D eigenvalue weighted by atomic mass is 9.87. The molecule has 0 radical (unpaired) electrons. The van der Waals surface area contributed by atoms with Crippen LogP contribution in [-0.4, -0.2) is 22.6 Å². The molecule has 0 atom stereocenters. The zero-order valence-electron chi connectivity index (χ0n) is 14.8. The molecule has 0 amide bonds. The summed E-state index contributed by atoms with van der Waals surface area (Å²) in [5, 5.41) is 0.574. The number of nitrogens with two attached hydrogens (primary N) is 2. The van der Waals surface area contributed by atoms with Crippen LogP contribution in [0.5, 0.6) is 11.5 Å². The van der Waals surface area contributed by atoms with Crippen LogP contribution < -0.4 is 21.1 Å². The average molecular weight is 385 g/mol. The molecule has 2 aromatic rings. The molecule has 0 bridgehead atoms. The van der Waals surface area contributed by atoms with Gasteiger partial charge in [-0.3, -0.25) is 9.88 Å². The number of nitrogens with zero attached hydrogens (tertiary/aromatic N) is 4. The summed E-state index contributed by atoms with van der Waals surface area (Å²) in [7, 11) is 0. The van der Waals surface area contributed by atoms with Gasteiger partial charge in [0.1, 0.15) is 11.4 Å². The topological polar surface area (TPSA) is 102 Å². The molecular formula is C19H21ClN6O. The summed E-state index contributed by atoms with van der Waals surface area (Å²) in [6, 6.07) is 9.07. The van der Waals surface area contributed by atoms with Crippen LogP contribution in [0.2, 0.25) is 5.02 Å². The third kappa shape index (κ3) is 3.42. The third-order valence-corrected chi connectivity index (χ3v) is 5.11. The first-order chi connectivity index (χ1) is 13.1. The van der Waals surface area contributed by atoms with Crippen LogP contribution in [0.3, 0.4) is 0 Å². The Balaban J connectivity index is 1.81. The Morgan fingerprint density at radius 2 is 1.93 bits per heavy atom. The van der Waals surface area contributed by atoms with Gasteiger partial charge in [-0.25, -0.2) is 4.99 Å². The SMILES string of the molecule is NC1=NC2(CCCCC2)N(c2cc(Cl)ccc2Oc2cccnc2)C(N)=N1. The minimum atomic E-state index is -0.564. The molecule has 1 aliphatic heterocycles. The van der Waals surface area contributed by atoms with Gasteiger partial charge in [0.25, 0.3) is 0 Å². The molecule has 140 valence electrons. The summed E-state index contributed by atoms with van der Waals surface area (Å²) in [6.07, 6.45) is 8.26. The van der Waals surface area contributed by atoms with Crippen molar-refractivity contribution in [2.75, 3.05) is 4.90 Å². The van der Waals surface area contributed by atoms with Crippen molar-refractivity contribution >= 4 is 29.2 Å². The molecule has 27 heavy (non-hydrogen) atoms. The molecule has 4 N–H and O–H groups in total. The molecule has 0 saturated heterocycles. The van der Waals surface area contributed by atoms with E-state index in [1.807, 2.05) is 29.2 Å². The predicted molar refractivity (Wildman–Crippen MR) is 107 cm³/mol. The molecule has 2 heterocycles. The number of aliphatic imine (C=N–C) groups is 2. The fourth-order valence-electron chi connectivity index (χ4n) is 3.76. The quantitative estimate of drug-likeness (QED) is 0.841. The minimum Gasteiger partial charge on any atom is -0.454 e. The van der Waals surface area contributed by atoms with Gasteiger partial charge in [-0.05, 0) is 56.0 Å². The fourth-order valence-corrected chi connectivity index (χ4v) is 3.92. The Kier molecular flexibility index (Phi) is 4.61. The van der Waals surface area contributed by atoms with Crippen molar-refractivity contribution in [2.45, 2.75) is 37.8 Å². The maximum atomic E-state index is 6.32. The number of anilines is 1. The number of pyridine rings is 1. The summed E-state index contributed by atoms with van der Waals surface area (Å²) >= 11 is 6.31. The molecule has 2 aliphatic rings. The highest BCUT2D eigenvalue weighted by Gasteiger charge is 2.43. The van der Waals surface area contributed by atoms with Gasteiger partial charge in [-0.15, -0.1) is 0 Å². The van der Waals surface area contributed by atoms with Crippen molar-refractivity contribution in [2.24, 2.45) is 21.5 Å². The smallest absolute Gasteiger partial charge is 0.220 e. The summed E-state index contributed by atoms with van der Waals surface area (Å²) in [6.45, 7) is 0. The van der Waals surface area contributed by atoms with Gasteiger partial charge >= 0.3 is 0 Å². The van der Waals surface area contributed by atoms with Gasteiger partial charge in [0.2, 0.25) is 11.9 Å². The van der Waals surface area contributed by atoms with Gasteiger partial charge < -0.3 is 16.2 Å². The van der Waals surface area contributed by atoms with E-state index in [2.05, 4.69) is 9.98 Å². The van der Waals surface area contributed by atoms with E-state index < -0.39 is 5.66 Å². The van der Waals surface area contributed by atoms with Crippen LogP contribution in [0.25, 0.3) is 0 Å². The van der Waals surface area contributed by atoms with Crippen molar-refractivity contribution < 1.29 is 4.74 Å². The molecule has 4 rings (SSSR count). The predicted octanol–water partition coefficient (Wildman–Crippen LogP) is 3.64.